The number of allylic oxidation sites excluding steroid dienone is 1. The van der Waals surface area contributed by atoms with E-state index in [-0.39, 0.29) is 0 Å². The summed E-state index contributed by atoms with van der Waals surface area (Å²) in [5.74, 6) is 0. The molecule has 2 nitrogen and oxygen atoms in total. The van der Waals surface area contributed by atoms with Crippen LogP contribution in [-0.2, 0) is 0 Å². The maximum atomic E-state index is 9.29. The van der Waals surface area contributed by atoms with E-state index < -0.39 is 0 Å². The molecule has 0 radical (unpaired) electrons. The third-order valence-electron chi connectivity index (χ3n) is 2.88. The second-order valence-corrected chi connectivity index (χ2v) is 6.11. The molecule has 0 unspecified atom stereocenters. The molecule has 92 valence electrons. The van der Waals surface area contributed by atoms with Crippen molar-refractivity contribution in [2.24, 2.45) is 4.99 Å². The topological polar surface area (TPSA) is 36.1 Å². The van der Waals surface area contributed by atoms with Gasteiger partial charge in [0, 0.05) is 11.3 Å². The van der Waals surface area contributed by atoms with E-state index in [1.807, 2.05) is 34.3 Å². The van der Waals surface area contributed by atoms with Gasteiger partial charge in [0.05, 0.1) is 11.3 Å². The standard InChI is InChI=1S/C14H8N2S3/c15-7-11-10(9-3-5-18-8-9)6-12(16-14(11)17)13-2-1-4-19-13/h1-5,8H,6H2. The van der Waals surface area contributed by atoms with Crippen molar-refractivity contribution in [1.82, 2.24) is 0 Å². The van der Waals surface area contributed by atoms with Crippen LogP contribution in [0.5, 0.6) is 0 Å². The second kappa shape index (κ2) is 5.17. The summed E-state index contributed by atoms with van der Waals surface area (Å²) >= 11 is 8.54. The van der Waals surface area contributed by atoms with Crippen molar-refractivity contribution < 1.29 is 0 Å². The van der Waals surface area contributed by atoms with Crippen LogP contribution in [0.1, 0.15) is 16.9 Å². The van der Waals surface area contributed by atoms with Crippen LogP contribution in [0.2, 0.25) is 0 Å². The first-order valence-electron chi connectivity index (χ1n) is 5.61. The summed E-state index contributed by atoms with van der Waals surface area (Å²) < 4.78 is 0. The second-order valence-electron chi connectivity index (χ2n) is 4.00. The maximum Gasteiger partial charge on any atom is 0.144 e. The first kappa shape index (κ1) is 12.4. The van der Waals surface area contributed by atoms with E-state index in [0.717, 1.165) is 21.7 Å². The van der Waals surface area contributed by atoms with E-state index in [0.29, 0.717) is 17.0 Å². The highest BCUT2D eigenvalue weighted by molar-refractivity contribution is 7.80. The Kier molecular flexibility index (Phi) is 3.38. The molecule has 2 aromatic heterocycles. The quantitative estimate of drug-likeness (QED) is 0.775. The number of thiophene rings is 2. The Morgan fingerprint density at radius 3 is 2.84 bits per heavy atom. The smallest absolute Gasteiger partial charge is 0.144 e. The lowest BCUT2D eigenvalue weighted by molar-refractivity contribution is 1.39. The minimum atomic E-state index is 0.401. The summed E-state index contributed by atoms with van der Waals surface area (Å²) in [6.45, 7) is 0. The minimum Gasteiger partial charge on any atom is -0.239 e. The van der Waals surface area contributed by atoms with E-state index >= 15 is 0 Å². The summed E-state index contributed by atoms with van der Waals surface area (Å²) in [6.07, 6.45) is 0.667. The molecular weight excluding hydrogens is 292 g/mol. The Morgan fingerprint density at radius 1 is 1.32 bits per heavy atom. The minimum absolute atomic E-state index is 0.401. The molecule has 0 saturated heterocycles. The molecule has 3 heterocycles. The Morgan fingerprint density at radius 2 is 2.21 bits per heavy atom. The molecule has 0 bridgehead atoms. The van der Waals surface area contributed by atoms with Crippen molar-refractivity contribution in [3.8, 4) is 6.07 Å². The van der Waals surface area contributed by atoms with Gasteiger partial charge in [-0.25, -0.2) is 4.99 Å². The third-order valence-corrected chi connectivity index (χ3v) is 4.78. The molecule has 0 atom stereocenters. The summed E-state index contributed by atoms with van der Waals surface area (Å²) in [5, 5.41) is 15.4. The van der Waals surface area contributed by atoms with Crippen molar-refractivity contribution >= 4 is 51.2 Å². The highest BCUT2D eigenvalue weighted by atomic mass is 32.1. The molecule has 19 heavy (non-hydrogen) atoms. The zero-order chi connectivity index (χ0) is 13.2. The van der Waals surface area contributed by atoms with Crippen LogP contribution < -0.4 is 0 Å². The Balaban J connectivity index is 2.07. The lowest BCUT2D eigenvalue weighted by Crippen LogP contribution is -2.13. The van der Waals surface area contributed by atoms with E-state index in [4.69, 9.17) is 12.2 Å². The van der Waals surface area contributed by atoms with Gasteiger partial charge in [0.2, 0.25) is 0 Å². The van der Waals surface area contributed by atoms with Crippen molar-refractivity contribution in [1.29, 1.82) is 5.26 Å². The number of nitriles is 1. The average molecular weight is 300 g/mol. The monoisotopic (exact) mass is 300 g/mol. The van der Waals surface area contributed by atoms with Gasteiger partial charge < -0.3 is 0 Å². The van der Waals surface area contributed by atoms with Crippen LogP contribution in [0.15, 0.2) is 44.9 Å². The van der Waals surface area contributed by atoms with Gasteiger partial charge in [0.1, 0.15) is 11.1 Å². The predicted octanol–water partition coefficient (Wildman–Crippen LogP) is 4.31. The Hall–Kier alpha value is -1.61. The van der Waals surface area contributed by atoms with Crippen molar-refractivity contribution in [2.45, 2.75) is 6.42 Å². The molecule has 0 fully saturated rings. The van der Waals surface area contributed by atoms with E-state index in [2.05, 4.69) is 11.1 Å². The maximum absolute atomic E-state index is 9.29. The van der Waals surface area contributed by atoms with E-state index in [1.165, 1.54) is 0 Å². The van der Waals surface area contributed by atoms with Crippen molar-refractivity contribution in [3.05, 3.63) is 50.4 Å². The zero-order valence-electron chi connectivity index (χ0n) is 9.79. The molecule has 3 rings (SSSR count). The molecule has 0 saturated carbocycles. The molecule has 1 aliphatic rings. The fourth-order valence-electron chi connectivity index (χ4n) is 1.99. The van der Waals surface area contributed by atoms with Gasteiger partial charge >= 0.3 is 0 Å². The van der Waals surface area contributed by atoms with E-state index in [1.54, 1.807) is 22.7 Å². The number of hydrogen-bond acceptors (Lipinski definition) is 4. The summed E-state index contributed by atoms with van der Waals surface area (Å²) in [6, 6.07) is 8.26. The first-order valence-corrected chi connectivity index (χ1v) is 7.84. The van der Waals surface area contributed by atoms with Gasteiger partial charge in [0.15, 0.2) is 0 Å². The number of aliphatic imine (C=N–C) groups is 1. The molecule has 0 N–H and O–H groups in total. The molecule has 0 amide bonds. The van der Waals surface area contributed by atoms with Crippen LogP contribution >= 0.6 is 34.9 Å². The molecule has 0 aromatic carbocycles. The summed E-state index contributed by atoms with van der Waals surface area (Å²) in [7, 11) is 0. The number of dihydropyridines is 1. The number of hydrogen-bond donors (Lipinski definition) is 0. The fourth-order valence-corrected chi connectivity index (χ4v) is 3.65. The molecule has 0 aliphatic carbocycles. The lowest BCUT2D eigenvalue weighted by Gasteiger charge is -2.15. The average Bonchev–Trinajstić information content (AvgIpc) is 3.11. The largest absolute Gasteiger partial charge is 0.239 e. The fraction of sp³-hybridized carbons (Fsp3) is 0.0714. The summed E-state index contributed by atoms with van der Waals surface area (Å²) in [5.41, 5.74) is 3.56. The molecular formula is C14H8N2S3. The van der Waals surface area contributed by atoms with Crippen LogP contribution in [0, 0.1) is 11.3 Å². The SMILES string of the molecule is N#CC1=C(c2ccsc2)CC(c2cccs2)=NC1=S. The summed E-state index contributed by atoms with van der Waals surface area (Å²) in [4.78, 5) is 5.94. The zero-order valence-corrected chi connectivity index (χ0v) is 12.2. The van der Waals surface area contributed by atoms with Gasteiger partial charge in [-0.1, -0.05) is 18.3 Å². The van der Waals surface area contributed by atoms with Gasteiger partial charge in [-0.2, -0.15) is 16.6 Å². The lowest BCUT2D eigenvalue weighted by atomic mass is 9.94. The van der Waals surface area contributed by atoms with Crippen LogP contribution in [0.4, 0.5) is 0 Å². The van der Waals surface area contributed by atoms with Gasteiger partial charge in [-0.15, -0.1) is 11.3 Å². The van der Waals surface area contributed by atoms with Crippen LogP contribution in [-0.4, -0.2) is 10.7 Å². The van der Waals surface area contributed by atoms with Gasteiger partial charge in [0.25, 0.3) is 0 Å². The molecule has 5 heteroatoms. The molecule has 1 aliphatic heterocycles. The van der Waals surface area contributed by atoms with E-state index in [9.17, 15) is 5.26 Å². The number of nitrogens with zero attached hydrogens (tertiary/aromatic N) is 2. The van der Waals surface area contributed by atoms with Crippen LogP contribution in [0.25, 0.3) is 5.57 Å². The highest BCUT2D eigenvalue weighted by Crippen LogP contribution is 2.31. The molecule has 2 aromatic rings. The van der Waals surface area contributed by atoms with Crippen LogP contribution in [0.3, 0.4) is 0 Å². The highest BCUT2D eigenvalue weighted by Gasteiger charge is 2.22. The van der Waals surface area contributed by atoms with Gasteiger partial charge in [-0.3, -0.25) is 0 Å². The van der Waals surface area contributed by atoms with Crippen molar-refractivity contribution in [2.75, 3.05) is 0 Å². The predicted molar refractivity (Wildman–Crippen MR) is 84.9 cm³/mol. The number of rotatable bonds is 2. The van der Waals surface area contributed by atoms with Crippen molar-refractivity contribution in [3.63, 3.8) is 0 Å². The molecule has 0 spiro atoms. The first-order chi connectivity index (χ1) is 9.29. The number of thiocarbonyl (C=S) groups is 1. The third kappa shape index (κ3) is 2.30. The Bertz CT molecular complexity index is 713. The Labute approximate surface area is 124 Å². The normalized spacial score (nSPS) is 15.3. The van der Waals surface area contributed by atoms with Gasteiger partial charge in [-0.05, 0) is 39.4 Å².